The van der Waals surface area contributed by atoms with Crippen LogP contribution in [0, 0.1) is 0 Å². The van der Waals surface area contributed by atoms with Gasteiger partial charge < -0.3 is 10.1 Å². The van der Waals surface area contributed by atoms with Gasteiger partial charge in [0.15, 0.2) is 0 Å². The zero-order chi connectivity index (χ0) is 11.4. The molecule has 2 nitrogen and oxygen atoms in total. The SMILES string of the molecule is CN[C@@H](Cc1ccccc1Cl)[C@@H]1CCCO1. The van der Waals surface area contributed by atoms with Crippen molar-refractivity contribution in [1.29, 1.82) is 0 Å². The number of benzene rings is 1. The molecule has 0 aromatic heterocycles. The molecule has 3 heteroatoms. The van der Waals surface area contributed by atoms with Crippen molar-refractivity contribution in [2.24, 2.45) is 0 Å². The van der Waals surface area contributed by atoms with Crippen LogP contribution in [0.5, 0.6) is 0 Å². The van der Waals surface area contributed by atoms with E-state index in [1.807, 2.05) is 25.2 Å². The molecule has 0 unspecified atom stereocenters. The maximum atomic E-state index is 6.16. The maximum Gasteiger partial charge on any atom is 0.0732 e. The zero-order valence-corrected chi connectivity index (χ0v) is 10.3. The molecule has 0 amide bonds. The van der Waals surface area contributed by atoms with Crippen LogP contribution >= 0.6 is 11.6 Å². The van der Waals surface area contributed by atoms with Crippen LogP contribution in [-0.4, -0.2) is 25.8 Å². The summed E-state index contributed by atoms with van der Waals surface area (Å²) >= 11 is 6.16. The van der Waals surface area contributed by atoms with Crippen molar-refractivity contribution in [1.82, 2.24) is 5.32 Å². The van der Waals surface area contributed by atoms with Crippen LogP contribution in [0.2, 0.25) is 5.02 Å². The molecule has 1 aromatic carbocycles. The predicted octanol–water partition coefficient (Wildman–Crippen LogP) is 2.65. The van der Waals surface area contributed by atoms with Crippen molar-refractivity contribution >= 4 is 11.6 Å². The van der Waals surface area contributed by atoms with E-state index in [4.69, 9.17) is 16.3 Å². The standard InChI is InChI=1S/C13H18ClNO/c1-15-12(13-7-4-8-16-13)9-10-5-2-3-6-11(10)14/h2-3,5-6,12-13,15H,4,7-9H2,1H3/t12-,13-/m0/s1. The third-order valence-electron chi connectivity index (χ3n) is 3.18. The minimum absolute atomic E-state index is 0.335. The Morgan fingerprint density at radius 3 is 2.94 bits per heavy atom. The lowest BCUT2D eigenvalue weighted by Crippen LogP contribution is -2.39. The maximum absolute atomic E-state index is 6.16. The Balaban J connectivity index is 2.03. The second kappa shape index (κ2) is 5.67. The van der Waals surface area contributed by atoms with Gasteiger partial charge in [0, 0.05) is 17.7 Å². The average Bonchev–Trinajstić information content (AvgIpc) is 2.81. The molecular weight excluding hydrogens is 222 g/mol. The third-order valence-corrected chi connectivity index (χ3v) is 3.55. The van der Waals surface area contributed by atoms with Crippen molar-refractivity contribution in [3.8, 4) is 0 Å². The minimum Gasteiger partial charge on any atom is -0.377 e. The Kier molecular flexibility index (Phi) is 4.22. The van der Waals surface area contributed by atoms with Crippen LogP contribution < -0.4 is 5.32 Å². The van der Waals surface area contributed by atoms with Crippen molar-refractivity contribution in [3.05, 3.63) is 34.9 Å². The molecule has 88 valence electrons. The molecule has 16 heavy (non-hydrogen) atoms. The Morgan fingerprint density at radius 2 is 2.31 bits per heavy atom. The fourth-order valence-electron chi connectivity index (χ4n) is 2.24. The first-order chi connectivity index (χ1) is 7.81. The summed E-state index contributed by atoms with van der Waals surface area (Å²) in [7, 11) is 1.99. The van der Waals surface area contributed by atoms with Gasteiger partial charge >= 0.3 is 0 Å². The summed E-state index contributed by atoms with van der Waals surface area (Å²) in [5.41, 5.74) is 1.19. The molecule has 1 heterocycles. The first-order valence-corrected chi connectivity index (χ1v) is 6.21. The summed E-state index contributed by atoms with van der Waals surface area (Å²) in [6.07, 6.45) is 3.59. The van der Waals surface area contributed by atoms with Crippen LogP contribution in [0.3, 0.4) is 0 Å². The van der Waals surface area contributed by atoms with Crippen molar-refractivity contribution in [2.75, 3.05) is 13.7 Å². The summed E-state index contributed by atoms with van der Waals surface area (Å²) in [5.74, 6) is 0. The molecule has 0 saturated carbocycles. The highest BCUT2D eigenvalue weighted by atomic mass is 35.5. The summed E-state index contributed by atoms with van der Waals surface area (Å²) < 4.78 is 5.71. The Bertz CT molecular complexity index is 336. The number of rotatable bonds is 4. The Morgan fingerprint density at radius 1 is 1.50 bits per heavy atom. The highest BCUT2D eigenvalue weighted by Gasteiger charge is 2.25. The molecule has 0 radical (unpaired) electrons. The number of ether oxygens (including phenoxy) is 1. The first-order valence-electron chi connectivity index (χ1n) is 5.83. The highest BCUT2D eigenvalue weighted by Crippen LogP contribution is 2.22. The van der Waals surface area contributed by atoms with Crippen LogP contribution in [0.1, 0.15) is 18.4 Å². The van der Waals surface area contributed by atoms with Gasteiger partial charge in [-0.3, -0.25) is 0 Å². The third kappa shape index (κ3) is 2.76. The lowest BCUT2D eigenvalue weighted by Gasteiger charge is -2.22. The molecule has 1 N–H and O–H groups in total. The molecule has 2 atom stereocenters. The highest BCUT2D eigenvalue weighted by molar-refractivity contribution is 6.31. The minimum atomic E-state index is 0.335. The Labute approximate surface area is 102 Å². The molecule has 1 aliphatic rings. The molecule has 0 bridgehead atoms. The number of hydrogen-bond acceptors (Lipinski definition) is 2. The van der Waals surface area contributed by atoms with E-state index in [1.165, 1.54) is 12.0 Å². The number of likely N-dealkylation sites (N-methyl/N-ethyl adjacent to an activating group) is 1. The van der Waals surface area contributed by atoms with E-state index in [1.54, 1.807) is 0 Å². The van der Waals surface area contributed by atoms with Gasteiger partial charge in [-0.15, -0.1) is 0 Å². The second-order valence-corrected chi connectivity index (χ2v) is 4.65. The van der Waals surface area contributed by atoms with E-state index >= 15 is 0 Å². The predicted molar refractivity (Wildman–Crippen MR) is 67.0 cm³/mol. The fourth-order valence-corrected chi connectivity index (χ4v) is 2.45. The molecule has 1 aromatic rings. The number of halogens is 1. The van der Waals surface area contributed by atoms with E-state index in [0.29, 0.717) is 12.1 Å². The molecular formula is C13H18ClNO. The van der Waals surface area contributed by atoms with Gasteiger partial charge in [0.05, 0.1) is 6.10 Å². The quantitative estimate of drug-likeness (QED) is 0.872. The monoisotopic (exact) mass is 239 g/mol. The van der Waals surface area contributed by atoms with E-state index in [0.717, 1.165) is 24.5 Å². The molecule has 0 aliphatic carbocycles. The van der Waals surface area contributed by atoms with Crippen molar-refractivity contribution in [2.45, 2.75) is 31.4 Å². The lowest BCUT2D eigenvalue weighted by atomic mass is 9.99. The Hall–Kier alpha value is -0.570. The summed E-state index contributed by atoms with van der Waals surface area (Å²) in [5, 5.41) is 4.18. The number of nitrogens with one attached hydrogen (secondary N) is 1. The molecule has 2 rings (SSSR count). The van der Waals surface area contributed by atoms with Crippen molar-refractivity contribution < 1.29 is 4.74 Å². The summed E-state index contributed by atoms with van der Waals surface area (Å²) in [6.45, 7) is 0.894. The van der Waals surface area contributed by atoms with Gasteiger partial charge in [-0.1, -0.05) is 29.8 Å². The average molecular weight is 240 g/mol. The van der Waals surface area contributed by atoms with Crippen LogP contribution in [0.25, 0.3) is 0 Å². The van der Waals surface area contributed by atoms with Gasteiger partial charge in [-0.05, 0) is 37.9 Å². The molecule has 0 spiro atoms. The molecule has 1 saturated heterocycles. The zero-order valence-electron chi connectivity index (χ0n) is 9.58. The van der Waals surface area contributed by atoms with Crippen LogP contribution in [-0.2, 0) is 11.2 Å². The van der Waals surface area contributed by atoms with Gasteiger partial charge in [-0.2, -0.15) is 0 Å². The largest absolute Gasteiger partial charge is 0.377 e. The van der Waals surface area contributed by atoms with E-state index in [2.05, 4.69) is 11.4 Å². The second-order valence-electron chi connectivity index (χ2n) is 4.24. The van der Waals surface area contributed by atoms with E-state index in [-0.39, 0.29) is 0 Å². The van der Waals surface area contributed by atoms with E-state index < -0.39 is 0 Å². The summed E-state index contributed by atoms with van der Waals surface area (Å²) in [6, 6.07) is 8.39. The lowest BCUT2D eigenvalue weighted by molar-refractivity contribution is 0.0808. The number of hydrogen-bond donors (Lipinski definition) is 1. The van der Waals surface area contributed by atoms with Crippen LogP contribution in [0.15, 0.2) is 24.3 Å². The molecule has 1 fully saturated rings. The summed E-state index contributed by atoms with van der Waals surface area (Å²) in [4.78, 5) is 0. The fraction of sp³-hybridized carbons (Fsp3) is 0.538. The van der Waals surface area contributed by atoms with Gasteiger partial charge in [0.25, 0.3) is 0 Å². The first kappa shape index (κ1) is 11.9. The van der Waals surface area contributed by atoms with Gasteiger partial charge in [0.2, 0.25) is 0 Å². The van der Waals surface area contributed by atoms with Crippen LogP contribution in [0.4, 0.5) is 0 Å². The van der Waals surface area contributed by atoms with Crippen molar-refractivity contribution in [3.63, 3.8) is 0 Å². The normalized spacial score (nSPS) is 22.2. The smallest absolute Gasteiger partial charge is 0.0732 e. The van der Waals surface area contributed by atoms with Gasteiger partial charge in [-0.25, -0.2) is 0 Å². The van der Waals surface area contributed by atoms with Gasteiger partial charge in [0.1, 0.15) is 0 Å². The topological polar surface area (TPSA) is 21.3 Å². The van der Waals surface area contributed by atoms with E-state index in [9.17, 15) is 0 Å². The molecule has 1 aliphatic heterocycles.